The van der Waals surface area contributed by atoms with Gasteiger partial charge in [-0.2, -0.15) is 0 Å². The number of aromatic nitrogens is 2. The number of carbonyl (C=O) groups excluding carboxylic acids is 1. The van der Waals surface area contributed by atoms with E-state index >= 15 is 0 Å². The van der Waals surface area contributed by atoms with Crippen LogP contribution in [0.5, 0.6) is 0 Å². The second kappa shape index (κ2) is 9.13. The van der Waals surface area contributed by atoms with E-state index in [-0.39, 0.29) is 10.5 Å². The van der Waals surface area contributed by atoms with E-state index in [1.807, 2.05) is 56.3 Å². The fourth-order valence-electron chi connectivity index (χ4n) is 3.30. The predicted octanol–water partition coefficient (Wildman–Crippen LogP) is 5.18. The molecule has 33 heavy (non-hydrogen) atoms. The maximum atomic E-state index is 13.1. The van der Waals surface area contributed by atoms with E-state index < -0.39 is 15.9 Å². The number of hydrogen-bond acceptors (Lipinski definition) is 6. The molecule has 0 atom stereocenters. The van der Waals surface area contributed by atoms with Crippen molar-refractivity contribution in [2.45, 2.75) is 25.7 Å². The number of anilines is 2. The van der Waals surface area contributed by atoms with E-state index in [1.165, 1.54) is 17.4 Å². The molecule has 9 heteroatoms. The molecular weight excluding hydrogens is 456 g/mol. The second-order valence-corrected chi connectivity index (χ2v) is 10.3. The Morgan fingerprint density at radius 3 is 2.36 bits per heavy atom. The predicted molar refractivity (Wildman–Crippen MR) is 131 cm³/mol. The minimum atomic E-state index is -3.90. The van der Waals surface area contributed by atoms with Gasteiger partial charge in [-0.05, 0) is 50.1 Å². The molecule has 0 aliphatic heterocycles. The molecule has 4 rings (SSSR count). The quantitative estimate of drug-likeness (QED) is 0.397. The third-order valence-electron chi connectivity index (χ3n) is 5.03. The summed E-state index contributed by atoms with van der Waals surface area (Å²) in [6, 6.07) is 19.6. The van der Waals surface area contributed by atoms with Gasteiger partial charge in [0.25, 0.3) is 15.9 Å². The molecule has 0 fully saturated rings. The van der Waals surface area contributed by atoms with Gasteiger partial charge in [0.15, 0.2) is 0 Å². The van der Waals surface area contributed by atoms with Crippen LogP contribution >= 0.6 is 11.3 Å². The van der Waals surface area contributed by atoms with Crippen molar-refractivity contribution in [2.75, 3.05) is 10.0 Å². The lowest BCUT2D eigenvalue weighted by Gasteiger charge is -2.14. The Balaban J connectivity index is 1.56. The number of sulfonamides is 1. The molecule has 0 unspecified atom stereocenters. The zero-order chi connectivity index (χ0) is 23.6. The van der Waals surface area contributed by atoms with Crippen molar-refractivity contribution >= 4 is 38.1 Å². The lowest BCUT2D eigenvalue weighted by Crippen LogP contribution is -2.17. The summed E-state index contributed by atoms with van der Waals surface area (Å²) in [6.45, 7) is 5.47. The highest BCUT2D eigenvalue weighted by atomic mass is 32.2. The lowest BCUT2D eigenvalue weighted by molar-refractivity contribution is 0.102. The lowest BCUT2D eigenvalue weighted by atomic mass is 10.1. The second-order valence-electron chi connectivity index (χ2n) is 7.64. The summed E-state index contributed by atoms with van der Waals surface area (Å²) in [5, 5.41) is 11.8. The number of nitrogens with one attached hydrogen (secondary N) is 2. The zero-order valence-electron chi connectivity index (χ0n) is 18.3. The third-order valence-corrected chi connectivity index (χ3v) is 7.43. The molecule has 1 heterocycles. The molecule has 168 valence electrons. The summed E-state index contributed by atoms with van der Waals surface area (Å²) < 4.78 is 28.8. The van der Waals surface area contributed by atoms with Gasteiger partial charge in [0.1, 0.15) is 5.01 Å². The molecule has 1 aromatic heterocycles. The zero-order valence-corrected chi connectivity index (χ0v) is 19.9. The Hall–Kier alpha value is -3.56. The number of aryl methyl sites for hydroxylation is 3. The van der Waals surface area contributed by atoms with Crippen LogP contribution in [0.1, 0.15) is 27.0 Å². The van der Waals surface area contributed by atoms with Gasteiger partial charge in [-0.3, -0.25) is 14.8 Å². The van der Waals surface area contributed by atoms with E-state index in [1.54, 1.807) is 25.1 Å². The summed E-state index contributed by atoms with van der Waals surface area (Å²) in [4.78, 5) is 12.9. The average Bonchev–Trinajstić information content (AvgIpc) is 3.25. The smallest absolute Gasteiger partial charge is 0.262 e. The van der Waals surface area contributed by atoms with Crippen molar-refractivity contribution in [3.05, 3.63) is 89.0 Å². The Kier molecular flexibility index (Phi) is 6.26. The maximum absolute atomic E-state index is 13.1. The third kappa shape index (κ3) is 5.10. The van der Waals surface area contributed by atoms with Gasteiger partial charge in [0, 0.05) is 11.1 Å². The van der Waals surface area contributed by atoms with Crippen molar-refractivity contribution in [1.29, 1.82) is 0 Å². The molecule has 4 aromatic rings. The van der Waals surface area contributed by atoms with Crippen molar-refractivity contribution in [3.63, 3.8) is 0 Å². The average molecular weight is 479 g/mol. The van der Waals surface area contributed by atoms with Crippen LogP contribution in [0.3, 0.4) is 0 Å². The Morgan fingerprint density at radius 1 is 0.879 bits per heavy atom. The molecular formula is C24H22N4O3S2. The van der Waals surface area contributed by atoms with Crippen LogP contribution in [0, 0.1) is 20.8 Å². The van der Waals surface area contributed by atoms with E-state index in [4.69, 9.17) is 0 Å². The van der Waals surface area contributed by atoms with Crippen LogP contribution in [0.25, 0.3) is 10.6 Å². The number of rotatable bonds is 6. The topological polar surface area (TPSA) is 101 Å². The number of amides is 1. The number of benzene rings is 3. The van der Waals surface area contributed by atoms with Crippen LogP contribution in [0.2, 0.25) is 0 Å². The van der Waals surface area contributed by atoms with Crippen LogP contribution in [-0.4, -0.2) is 24.5 Å². The first kappa shape index (κ1) is 22.6. The van der Waals surface area contributed by atoms with Gasteiger partial charge < -0.3 is 0 Å². The van der Waals surface area contributed by atoms with Crippen LogP contribution in [-0.2, 0) is 10.0 Å². The Morgan fingerprint density at radius 2 is 1.64 bits per heavy atom. The molecule has 0 bridgehead atoms. The Bertz CT molecular complexity index is 1430. The summed E-state index contributed by atoms with van der Waals surface area (Å²) in [6.07, 6.45) is 0. The highest BCUT2D eigenvalue weighted by Crippen LogP contribution is 2.27. The molecule has 0 radical (unpaired) electrons. The first-order valence-electron chi connectivity index (χ1n) is 10.1. The number of carbonyl (C=O) groups is 1. The molecule has 2 N–H and O–H groups in total. The van der Waals surface area contributed by atoms with E-state index in [2.05, 4.69) is 20.2 Å². The minimum Gasteiger partial charge on any atom is -0.296 e. The molecule has 0 spiro atoms. The van der Waals surface area contributed by atoms with Gasteiger partial charge >= 0.3 is 0 Å². The molecule has 3 aromatic carbocycles. The fraction of sp³-hybridized carbons (Fsp3) is 0.125. The number of hydrogen-bond donors (Lipinski definition) is 2. The molecule has 0 saturated carbocycles. The van der Waals surface area contributed by atoms with Crippen molar-refractivity contribution in [3.8, 4) is 10.6 Å². The standard InChI is InChI=1S/C24H22N4O3S2/c1-15-9-12-20(17(3)13-15)28-33(30,31)21-14-19(11-10-16(21)2)22(29)25-24-27-26-23(32-24)18-7-5-4-6-8-18/h4-14,28H,1-3H3,(H,25,27,29). The highest BCUT2D eigenvalue weighted by molar-refractivity contribution is 7.92. The summed E-state index contributed by atoms with van der Waals surface area (Å²) in [5.74, 6) is -0.464. The largest absolute Gasteiger partial charge is 0.296 e. The van der Waals surface area contributed by atoms with Crippen LogP contribution in [0.15, 0.2) is 71.6 Å². The Labute approximate surface area is 196 Å². The molecule has 0 aliphatic carbocycles. The monoisotopic (exact) mass is 478 g/mol. The molecule has 0 saturated heterocycles. The molecule has 0 aliphatic rings. The van der Waals surface area contributed by atoms with Crippen LogP contribution in [0.4, 0.5) is 10.8 Å². The molecule has 1 amide bonds. The number of nitrogens with zero attached hydrogens (tertiary/aromatic N) is 2. The van der Waals surface area contributed by atoms with Gasteiger partial charge in [-0.1, -0.05) is 65.4 Å². The van der Waals surface area contributed by atoms with Crippen molar-refractivity contribution in [1.82, 2.24) is 10.2 Å². The van der Waals surface area contributed by atoms with E-state index in [9.17, 15) is 13.2 Å². The summed E-state index contributed by atoms with van der Waals surface area (Å²) >= 11 is 1.24. The van der Waals surface area contributed by atoms with Gasteiger partial charge in [0.05, 0.1) is 10.6 Å². The fourth-order valence-corrected chi connectivity index (χ4v) is 5.45. The summed E-state index contributed by atoms with van der Waals surface area (Å²) in [5.41, 5.74) is 3.99. The SMILES string of the molecule is Cc1ccc(NS(=O)(=O)c2cc(C(=O)Nc3nnc(-c4ccccc4)s3)ccc2C)c(C)c1. The van der Waals surface area contributed by atoms with Gasteiger partial charge in [-0.25, -0.2) is 8.42 Å². The van der Waals surface area contributed by atoms with E-state index in [0.717, 1.165) is 16.7 Å². The van der Waals surface area contributed by atoms with Crippen LogP contribution < -0.4 is 10.0 Å². The highest BCUT2D eigenvalue weighted by Gasteiger charge is 2.21. The normalized spacial score (nSPS) is 11.2. The van der Waals surface area contributed by atoms with Crippen molar-refractivity contribution < 1.29 is 13.2 Å². The molecule has 7 nitrogen and oxygen atoms in total. The van der Waals surface area contributed by atoms with E-state index in [0.29, 0.717) is 21.4 Å². The first-order valence-corrected chi connectivity index (χ1v) is 12.4. The minimum absolute atomic E-state index is 0.0392. The first-order chi connectivity index (χ1) is 15.7. The van der Waals surface area contributed by atoms with Crippen molar-refractivity contribution in [2.24, 2.45) is 0 Å². The maximum Gasteiger partial charge on any atom is 0.262 e. The van der Waals surface area contributed by atoms with Gasteiger partial charge in [0.2, 0.25) is 5.13 Å². The summed E-state index contributed by atoms with van der Waals surface area (Å²) in [7, 11) is -3.90. The van der Waals surface area contributed by atoms with Gasteiger partial charge in [-0.15, -0.1) is 10.2 Å².